The molecule has 1 saturated heterocycles. The van der Waals surface area contributed by atoms with Crippen molar-refractivity contribution in [3.05, 3.63) is 120 Å². The van der Waals surface area contributed by atoms with Gasteiger partial charge in [-0.1, -0.05) is 93.6 Å². The third-order valence-electron chi connectivity index (χ3n) is 10.2. The predicted molar refractivity (Wildman–Crippen MR) is 191 cm³/mol. The number of methoxy groups -OCH3 is 1. The number of aliphatic hydroxyl groups excluding tert-OH is 1. The van der Waals surface area contributed by atoms with Gasteiger partial charge in [-0.25, -0.2) is 9.97 Å². The Hall–Kier alpha value is -4.06. The van der Waals surface area contributed by atoms with Gasteiger partial charge in [-0.2, -0.15) is 0 Å². The zero-order valence-corrected chi connectivity index (χ0v) is 29.7. The molecule has 2 aromatic heterocycles. The van der Waals surface area contributed by atoms with Crippen molar-refractivity contribution in [3.8, 4) is 5.75 Å². The van der Waals surface area contributed by atoms with Crippen molar-refractivity contribution in [1.29, 1.82) is 0 Å². The molecule has 252 valence electrons. The monoisotopic (exact) mass is 666 g/mol. The molecule has 5 aromatic rings. The molecule has 4 atom stereocenters. The molecule has 0 radical (unpaired) electrons. The fraction of sp³-hybridized carbons (Fsp3) is 0.368. The fourth-order valence-corrected chi connectivity index (χ4v) is 7.27. The Morgan fingerprint density at radius 2 is 1.48 bits per heavy atom. The number of ether oxygens (including phenoxy) is 2. The van der Waals surface area contributed by atoms with Gasteiger partial charge in [0.25, 0.3) is 0 Å². The van der Waals surface area contributed by atoms with Crippen molar-refractivity contribution < 1.29 is 24.1 Å². The molecule has 0 aliphatic carbocycles. The number of hydrogen-bond acceptors (Lipinski definition) is 8. The molecule has 0 unspecified atom stereocenters. The van der Waals surface area contributed by atoms with Crippen LogP contribution in [0.2, 0.25) is 18.1 Å². The van der Waals surface area contributed by atoms with Gasteiger partial charge in [0, 0.05) is 6.20 Å². The Balaban J connectivity index is 1.42. The minimum atomic E-state index is -2.12. The van der Waals surface area contributed by atoms with Gasteiger partial charge in [0.15, 0.2) is 14.5 Å². The highest BCUT2D eigenvalue weighted by Crippen LogP contribution is 2.44. The Labute approximate surface area is 283 Å². The highest BCUT2D eigenvalue weighted by Gasteiger charge is 2.54. The third-order valence-corrected chi connectivity index (χ3v) is 14.7. The number of hydrogen-bond donors (Lipinski definition) is 3. The van der Waals surface area contributed by atoms with Gasteiger partial charge in [0.1, 0.15) is 46.9 Å². The quantitative estimate of drug-likeness (QED) is 0.109. The molecule has 1 fully saturated rings. The first-order chi connectivity index (χ1) is 22.8. The number of nitrogens with one attached hydrogen (secondary N) is 1. The van der Waals surface area contributed by atoms with Crippen LogP contribution in [0.5, 0.6) is 5.75 Å². The third kappa shape index (κ3) is 5.92. The highest BCUT2D eigenvalue weighted by molar-refractivity contribution is 6.74. The maximum absolute atomic E-state index is 11.6. The van der Waals surface area contributed by atoms with E-state index in [9.17, 15) is 10.2 Å². The molecule has 3 heterocycles. The van der Waals surface area contributed by atoms with Crippen LogP contribution in [0.3, 0.4) is 0 Å². The van der Waals surface area contributed by atoms with Crippen LogP contribution in [-0.2, 0) is 14.7 Å². The summed E-state index contributed by atoms with van der Waals surface area (Å²) in [5.41, 5.74) is 1.12. The van der Waals surface area contributed by atoms with Gasteiger partial charge in [-0.3, -0.25) is 0 Å². The molecular weight excluding hydrogens is 621 g/mol. The predicted octanol–water partition coefficient (Wildman–Crippen LogP) is 6.88. The molecule has 9 nitrogen and oxygen atoms in total. The van der Waals surface area contributed by atoms with Crippen molar-refractivity contribution in [2.75, 3.05) is 19.0 Å². The largest absolute Gasteiger partial charge is 0.497 e. The lowest BCUT2D eigenvalue weighted by Crippen LogP contribution is -2.47. The number of nitrogens with zero attached hydrogens (tertiary/aromatic N) is 3. The van der Waals surface area contributed by atoms with E-state index in [1.807, 2.05) is 60.8 Å². The number of benzene rings is 3. The van der Waals surface area contributed by atoms with Crippen LogP contribution in [0.1, 0.15) is 50.6 Å². The number of fused-ring (bicyclic) bond motifs is 1. The lowest BCUT2D eigenvalue weighted by molar-refractivity contribution is -0.0946. The summed E-state index contributed by atoms with van der Waals surface area (Å²) in [5, 5.41) is 27.5. The maximum atomic E-state index is 11.6. The van der Waals surface area contributed by atoms with Crippen LogP contribution in [0.25, 0.3) is 11.0 Å². The van der Waals surface area contributed by atoms with Crippen LogP contribution in [-0.4, -0.2) is 64.6 Å². The number of aromatic nitrogens is 3. The standard InChI is InChI=1S/C38H46N4O5Si/c1-36(2,3)48(6,7)46-24-31-32(43)37(4,44)35(47-31)42-23-22-30-33(39-25-40-34(30)42)41-38(26-14-10-8-11-15-26,27-16-12-9-13-17-27)28-18-20-29(45-5)21-19-28/h8-23,25,31-32,35,43-44H,24H2,1-7H3,(H,39,40,41)/t31-,32-,35-,37-/m1/s1. The van der Waals surface area contributed by atoms with Gasteiger partial charge < -0.3 is 34.0 Å². The van der Waals surface area contributed by atoms with E-state index in [-0.39, 0.29) is 11.6 Å². The molecule has 3 aromatic carbocycles. The van der Waals surface area contributed by atoms with Crippen molar-refractivity contribution >= 4 is 25.2 Å². The van der Waals surface area contributed by atoms with Gasteiger partial charge in [-0.05, 0) is 59.9 Å². The Kier molecular flexibility index (Phi) is 8.99. The van der Waals surface area contributed by atoms with Gasteiger partial charge in [0.05, 0.1) is 19.1 Å². The van der Waals surface area contributed by atoms with Crippen molar-refractivity contribution in [2.24, 2.45) is 0 Å². The molecule has 0 spiro atoms. The molecule has 3 N–H and O–H groups in total. The first kappa shape index (κ1) is 33.8. The molecule has 6 rings (SSSR count). The second kappa shape index (κ2) is 12.8. The Morgan fingerprint density at radius 3 is 2.04 bits per heavy atom. The van der Waals surface area contributed by atoms with Crippen molar-refractivity contribution in [1.82, 2.24) is 14.5 Å². The molecule has 0 amide bonds. The van der Waals surface area contributed by atoms with E-state index in [0.29, 0.717) is 11.5 Å². The van der Waals surface area contributed by atoms with E-state index in [0.717, 1.165) is 27.8 Å². The molecule has 0 saturated carbocycles. The normalized spacial score (nSPS) is 21.8. The number of rotatable bonds is 10. The number of anilines is 1. The second-order valence-electron chi connectivity index (χ2n) is 14.3. The zero-order valence-electron chi connectivity index (χ0n) is 28.7. The molecule has 1 aliphatic heterocycles. The smallest absolute Gasteiger partial charge is 0.192 e. The van der Waals surface area contributed by atoms with Gasteiger partial charge in [0.2, 0.25) is 0 Å². The summed E-state index contributed by atoms with van der Waals surface area (Å²) < 4.78 is 20.1. The van der Waals surface area contributed by atoms with Crippen LogP contribution < -0.4 is 10.1 Å². The van der Waals surface area contributed by atoms with E-state index in [1.54, 1.807) is 18.6 Å². The van der Waals surface area contributed by atoms with Crippen LogP contribution in [0, 0.1) is 0 Å². The summed E-state index contributed by atoms with van der Waals surface area (Å²) >= 11 is 0. The average molecular weight is 667 g/mol. The van der Waals surface area contributed by atoms with Gasteiger partial charge >= 0.3 is 0 Å². The Morgan fingerprint density at radius 1 is 0.896 bits per heavy atom. The lowest BCUT2D eigenvalue weighted by atomic mass is 9.77. The maximum Gasteiger partial charge on any atom is 0.192 e. The lowest BCUT2D eigenvalue weighted by Gasteiger charge is -2.37. The summed E-state index contributed by atoms with van der Waals surface area (Å²) in [6.45, 7) is 12.6. The minimum Gasteiger partial charge on any atom is -0.497 e. The first-order valence-electron chi connectivity index (χ1n) is 16.3. The summed E-state index contributed by atoms with van der Waals surface area (Å²) in [4.78, 5) is 9.41. The summed E-state index contributed by atoms with van der Waals surface area (Å²) in [6.07, 6.45) is 0.551. The van der Waals surface area contributed by atoms with E-state index >= 15 is 0 Å². The Bertz CT molecular complexity index is 1800. The van der Waals surface area contributed by atoms with E-state index in [1.165, 1.54) is 6.33 Å². The molecule has 48 heavy (non-hydrogen) atoms. The summed E-state index contributed by atoms with van der Waals surface area (Å²) in [7, 11) is -0.458. The van der Waals surface area contributed by atoms with Crippen LogP contribution >= 0.6 is 0 Å². The average Bonchev–Trinajstić information content (AvgIpc) is 3.60. The molecule has 10 heteroatoms. The van der Waals surface area contributed by atoms with E-state index < -0.39 is 37.9 Å². The van der Waals surface area contributed by atoms with Crippen molar-refractivity contribution in [2.45, 2.75) is 75.4 Å². The first-order valence-corrected chi connectivity index (χ1v) is 19.3. The van der Waals surface area contributed by atoms with E-state index in [2.05, 4.69) is 80.6 Å². The van der Waals surface area contributed by atoms with Crippen LogP contribution in [0.15, 0.2) is 104 Å². The summed E-state index contributed by atoms with van der Waals surface area (Å²) in [5.74, 6) is 1.35. The fourth-order valence-electron chi connectivity index (χ4n) is 6.26. The van der Waals surface area contributed by atoms with Gasteiger partial charge in [-0.15, -0.1) is 0 Å². The summed E-state index contributed by atoms with van der Waals surface area (Å²) in [6, 6.07) is 30.5. The van der Waals surface area contributed by atoms with E-state index in [4.69, 9.17) is 18.9 Å². The second-order valence-corrected chi connectivity index (χ2v) is 19.1. The van der Waals surface area contributed by atoms with Crippen LogP contribution in [0.4, 0.5) is 5.82 Å². The zero-order chi connectivity index (χ0) is 34.3. The SMILES string of the molecule is COc1ccc(C(Nc2ncnc3c2ccn3[C@@H]2O[C@H](CO[Si](C)(C)C(C)(C)C)[C@@H](O)[C@@]2(C)O)(c2ccccc2)c2ccccc2)cc1. The number of aliphatic hydroxyl groups is 2. The highest BCUT2D eigenvalue weighted by atomic mass is 28.4. The molecule has 1 aliphatic rings. The minimum absolute atomic E-state index is 0.00400. The topological polar surface area (TPSA) is 111 Å². The van der Waals surface area contributed by atoms with Crippen molar-refractivity contribution in [3.63, 3.8) is 0 Å². The molecule has 0 bridgehead atoms. The molecular formula is C38H46N4O5Si.